The number of aromatic amines is 1. The molecule has 3 N–H and O–H groups in total. The number of carbonyl (C=O) groups excluding carboxylic acids is 2. The van der Waals surface area contributed by atoms with Crippen molar-refractivity contribution in [3.05, 3.63) is 41.7 Å². The van der Waals surface area contributed by atoms with Crippen molar-refractivity contribution in [1.29, 1.82) is 0 Å². The lowest BCUT2D eigenvalue weighted by Crippen LogP contribution is -2.34. The van der Waals surface area contributed by atoms with Gasteiger partial charge in [0.15, 0.2) is 17.5 Å². The fourth-order valence-electron chi connectivity index (χ4n) is 2.30. The van der Waals surface area contributed by atoms with E-state index in [4.69, 9.17) is 0 Å². The van der Waals surface area contributed by atoms with Crippen LogP contribution in [-0.2, 0) is 9.59 Å². The SMILES string of the molecule is O=C(CNC(=O)[C@@H]1C[C@H]1c1ncn[nH]1)Nc1ccc(F)c(F)c1F. The van der Waals surface area contributed by atoms with E-state index in [1.165, 1.54) is 6.33 Å². The molecule has 0 unspecified atom stereocenters. The van der Waals surface area contributed by atoms with E-state index in [2.05, 4.69) is 25.8 Å². The molecule has 2 amide bonds. The lowest BCUT2D eigenvalue weighted by atomic mass is 10.2. The summed E-state index contributed by atoms with van der Waals surface area (Å²) in [5, 5.41) is 10.8. The van der Waals surface area contributed by atoms with Crippen LogP contribution in [0.25, 0.3) is 0 Å². The van der Waals surface area contributed by atoms with Gasteiger partial charge in [0.05, 0.1) is 12.2 Å². The van der Waals surface area contributed by atoms with Crippen LogP contribution in [0.1, 0.15) is 18.2 Å². The third-order valence-corrected chi connectivity index (χ3v) is 3.64. The summed E-state index contributed by atoms with van der Waals surface area (Å²) in [6.45, 7) is -0.420. The molecule has 0 bridgehead atoms. The molecule has 1 aromatic carbocycles. The molecule has 1 aromatic heterocycles. The van der Waals surface area contributed by atoms with Crippen molar-refractivity contribution in [2.75, 3.05) is 11.9 Å². The molecule has 10 heteroatoms. The molecule has 0 aliphatic heterocycles. The summed E-state index contributed by atoms with van der Waals surface area (Å²) >= 11 is 0. The highest BCUT2D eigenvalue weighted by Gasteiger charge is 2.45. The molecule has 0 radical (unpaired) electrons. The average Bonchev–Trinajstić information content (AvgIpc) is 3.18. The summed E-state index contributed by atoms with van der Waals surface area (Å²) in [4.78, 5) is 27.5. The van der Waals surface area contributed by atoms with Crippen molar-refractivity contribution >= 4 is 17.5 Å². The molecule has 0 saturated heterocycles. The smallest absolute Gasteiger partial charge is 0.243 e. The number of H-pyrrole nitrogens is 1. The van der Waals surface area contributed by atoms with Gasteiger partial charge >= 0.3 is 0 Å². The number of amides is 2. The van der Waals surface area contributed by atoms with E-state index in [1.807, 2.05) is 0 Å². The Labute approximate surface area is 133 Å². The first-order valence-electron chi connectivity index (χ1n) is 7.03. The second-order valence-corrected chi connectivity index (χ2v) is 5.31. The number of carbonyl (C=O) groups is 2. The first-order chi connectivity index (χ1) is 11.5. The summed E-state index contributed by atoms with van der Waals surface area (Å²) in [6.07, 6.45) is 1.92. The van der Waals surface area contributed by atoms with Gasteiger partial charge in [-0.25, -0.2) is 18.2 Å². The van der Waals surface area contributed by atoms with E-state index in [0.717, 1.165) is 6.07 Å². The Balaban J connectivity index is 1.50. The molecule has 24 heavy (non-hydrogen) atoms. The maximum absolute atomic E-state index is 13.4. The van der Waals surface area contributed by atoms with Crippen LogP contribution in [0.5, 0.6) is 0 Å². The van der Waals surface area contributed by atoms with E-state index >= 15 is 0 Å². The third-order valence-electron chi connectivity index (χ3n) is 3.64. The fraction of sp³-hybridized carbons (Fsp3) is 0.286. The molecule has 1 saturated carbocycles. The van der Waals surface area contributed by atoms with Crippen LogP contribution in [0, 0.1) is 23.4 Å². The second-order valence-electron chi connectivity index (χ2n) is 5.31. The summed E-state index contributed by atoms with van der Waals surface area (Å²) < 4.78 is 39.3. The van der Waals surface area contributed by atoms with Crippen LogP contribution in [0.15, 0.2) is 18.5 Å². The van der Waals surface area contributed by atoms with Crippen LogP contribution in [0.2, 0.25) is 0 Å². The molecule has 1 aliphatic carbocycles. The Morgan fingerprint density at radius 1 is 1.25 bits per heavy atom. The van der Waals surface area contributed by atoms with E-state index in [-0.39, 0.29) is 17.7 Å². The fourth-order valence-corrected chi connectivity index (χ4v) is 2.30. The van der Waals surface area contributed by atoms with Gasteiger partial charge in [0.25, 0.3) is 0 Å². The quantitative estimate of drug-likeness (QED) is 0.710. The van der Waals surface area contributed by atoms with Crippen molar-refractivity contribution in [1.82, 2.24) is 20.5 Å². The molecule has 0 spiro atoms. The van der Waals surface area contributed by atoms with Gasteiger partial charge in [0.1, 0.15) is 12.2 Å². The standard InChI is InChI=1S/C14H12F3N5O2/c15-8-1-2-9(12(17)11(8)16)21-10(23)4-18-14(24)7-3-6(7)13-19-5-20-22-13/h1-2,5-7H,3-4H2,(H,18,24)(H,21,23)(H,19,20,22)/t6-,7-/m1/s1. The van der Waals surface area contributed by atoms with E-state index in [9.17, 15) is 22.8 Å². The lowest BCUT2D eigenvalue weighted by molar-refractivity contribution is -0.125. The molecular formula is C14H12F3N5O2. The molecule has 3 rings (SSSR count). The van der Waals surface area contributed by atoms with Gasteiger partial charge in [0.2, 0.25) is 11.8 Å². The van der Waals surface area contributed by atoms with E-state index in [0.29, 0.717) is 18.3 Å². The topological polar surface area (TPSA) is 99.8 Å². The molecule has 2 atom stereocenters. The molecule has 1 fully saturated rings. The summed E-state index contributed by atoms with van der Waals surface area (Å²) in [5.74, 6) is -5.42. The Morgan fingerprint density at radius 3 is 2.75 bits per heavy atom. The Hall–Kier alpha value is -2.91. The maximum atomic E-state index is 13.4. The number of nitrogens with one attached hydrogen (secondary N) is 3. The van der Waals surface area contributed by atoms with Crippen LogP contribution >= 0.6 is 0 Å². The van der Waals surface area contributed by atoms with Gasteiger partial charge in [-0.2, -0.15) is 5.10 Å². The van der Waals surface area contributed by atoms with Crippen molar-refractivity contribution in [3.63, 3.8) is 0 Å². The van der Waals surface area contributed by atoms with Crippen LogP contribution in [0.3, 0.4) is 0 Å². The van der Waals surface area contributed by atoms with Gasteiger partial charge in [-0.1, -0.05) is 0 Å². The Bertz CT molecular complexity index is 781. The predicted octanol–water partition coefficient (Wildman–Crippen LogP) is 1.08. The Kier molecular flexibility index (Phi) is 4.19. The number of anilines is 1. The second kappa shape index (κ2) is 6.30. The zero-order valence-corrected chi connectivity index (χ0v) is 12.1. The minimum Gasteiger partial charge on any atom is -0.347 e. The van der Waals surface area contributed by atoms with Gasteiger partial charge in [0, 0.05) is 11.8 Å². The number of nitrogens with zero attached hydrogens (tertiary/aromatic N) is 2. The average molecular weight is 339 g/mol. The van der Waals surface area contributed by atoms with Gasteiger partial charge < -0.3 is 10.6 Å². The highest BCUT2D eigenvalue weighted by atomic mass is 19.2. The summed E-state index contributed by atoms with van der Waals surface area (Å²) in [7, 11) is 0. The zero-order chi connectivity index (χ0) is 17.3. The number of aromatic nitrogens is 3. The molecule has 7 nitrogen and oxygen atoms in total. The van der Waals surface area contributed by atoms with Crippen molar-refractivity contribution in [2.24, 2.45) is 5.92 Å². The van der Waals surface area contributed by atoms with E-state index in [1.54, 1.807) is 0 Å². The minimum atomic E-state index is -1.68. The first kappa shape index (κ1) is 16.0. The largest absolute Gasteiger partial charge is 0.347 e. The van der Waals surface area contributed by atoms with Crippen LogP contribution in [0.4, 0.5) is 18.9 Å². The van der Waals surface area contributed by atoms with Gasteiger partial charge in [-0.05, 0) is 18.6 Å². The zero-order valence-electron chi connectivity index (χ0n) is 12.1. The number of hydrogen-bond acceptors (Lipinski definition) is 4. The van der Waals surface area contributed by atoms with Gasteiger partial charge in [-0.15, -0.1) is 0 Å². The summed E-state index contributed by atoms with van der Waals surface area (Å²) in [5.41, 5.74) is -0.501. The maximum Gasteiger partial charge on any atom is 0.243 e. The normalized spacial score (nSPS) is 19.0. The third kappa shape index (κ3) is 3.21. The monoisotopic (exact) mass is 339 g/mol. The highest BCUT2D eigenvalue weighted by molar-refractivity contribution is 5.95. The Morgan fingerprint density at radius 2 is 2.04 bits per heavy atom. The minimum absolute atomic E-state index is 0.0702. The van der Waals surface area contributed by atoms with E-state index < -0.39 is 35.6 Å². The molecule has 1 aliphatic rings. The molecule has 126 valence electrons. The number of halogens is 3. The van der Waals surface area contributed by atoms with Crippen molar-refractivity contribution in [2.45, 2.75) is 12.3 Å². The number of benzene rings is 1. The van der Waals surface area contributed by atoms with Crippen molar-refractivity contribution in [3.8, 4) is 0 Å². The van der Waals surface area contributed by atoms with Crippen molar-refractivity contribution < 1.29 is 22.8 Å². The first-order valence-corrected chi connectivity index (χ1v) is 7.03. The predicted molar refractivity (Wildman–Crippen MR) is 75.2 cm³/mol. The molecular weight excluding hydrogens is 327 g/mol. The summed E-state index contributed by atoms with van der Waals surface area (Å²) in [6, 6.07) is 1.59. The van der Waals surface area contributed by atoms with Crippen LogP contribution in [-0.4, -0.2) is 33.5 Å². The molecule has 1 heterocycles. The lowest BCUT2D eigenvalue weighted by Gasteiger charge is -2.08. The molecule has 2 aromatic rings. The van der Waals surface area contributed by atoms with Gasteiger partial charge in [-0.3, -0.25) is 14.7 Å². The number of hydrogen-bond donors (Lipinski definition) is 3. The number of rotatable bonds is 5. The highest BCUT2D eigenvalue weighted by Crippen LogP contribution is 2.45. The van der Waals surface area contributed by atoms with Crippen LogP contribution < -0.4 is 10.6 Å².